The van der Waals surface area contributed by atoms with Gasteiger partial charge >= 0.3 is 6.03 Å². The predicted molar refractivity (Wildman–Crippen MR) is 86.5 cm³/mol. The average Bonchev–Trinajstić information content (AvgIpc) is 2.52. The van der Waals surface area contributed by atoms with Gasteiger partial charge in [0.25, 0.3) is 0 Å². The molecule has 2 N–H and O–H groups in total. The zero-order valence-electron chi connectivity index (χ0n) is 13.1. The lowest BCUT2D eigenvalue weighted by Gasteiger charge is -2.33. The number of nitrogens with one attached hydrogen (secondary N) is 2. The number of hydrogen-bond donors (Lipinski definition) is 2. The monoisotopic (exact) mass is 289 g/mol. The van der Waals surface area contributed by atoms with Crippen LogP contribution < -0.4 is 10.6 Å². The van der Waals surface area contributed by atoms with Crippen LogP contribution in [0.4, 0.5) is 4.79 Å². The third-order valence-electron chi connectivity index (χ3n) is 4.21. The normalized spacial score (nSPS) is 21.8. The first-order valence-electron chi connectivity index (χ1n) is 7.92. The summed E-state index contributed by atoms with van der Waals surface area (Å²) in [6, 6.07) is 11.3. The van der Waals surface area contributed by atoms with E-state index in [4.69, 9.17) is 0 Å². The first-order valence-corrected chi connectivity index (χ1v) is 7.92. The van der Waals surface area contributed by atoms with Gasteiger partial charge in [-0.05, 0) is 24.3 Å². The van der Waals surface area contributed by atoms with Crippen molar-refractivity contribution in [1.82, 2.24) is 15.5 Å². The summed E-state index contributed by atoms with van der Waals surface area (Å²) in [7, 11) is 3.52. The van der Waals surface area contributed by atoms with Gasteiger partial charge in [-0.3, -0.25) is 0 Å². The minimum atomic E-state index is -0.0277. The highest BCUT2D eigenvalue weighted by Crippen LogP contribution is 2.32. The minimum absolute atomic E-state index is 0.0277. The van der Waals surface area contributed by atoms with Gasteiger partial charge in [-0.2, -0.15) is 0 Å². The molecule has 2 unspecified atom stereocenters. The Balaban J connectivity index is 1.81. The van der Waals surface area contributed by atoms with Gasteiger partial charge in [-0.1, -0.05) is 43.2 Å². The molecular weight excluding hydrogens is 262 g/mol. The molecule has 116 valence electrons. The van der Waals surface area contributed by atoms with Crippen LogP contribution in [-0.4, -0.2) is 44.2 Å². The third kappa shape index (κ3) is 4.74. The Hall–Kier alpha value is -1.55. The number of urea groups is 1. The fourth-order valence-electron chi connectivity index (χ4n) is 3.06. The lowest BCUT2D eigenvalue weighted by Crippen LogP contribution is -2.43. The van der Waals surface area contributed by atoms with E-state index in [1.54, 1.807) is 19.0 Å². The van der Waals surface area contributed by atoms with Crippen LogP contribution in [0.3, 0.4) is 0 Å². The molecule has 0 spiro atoms. The van der Waals surface area contributed by atoms with Gasteiger partial charge in [0, 0.05) is 33.2 Å². The summed E-state index contributed by atoms with van der Waals surface area (Å²) < 4.78 is 0. The van der Waals surface area contributed by atoms with Crippen LogP contribution in [-0.2, 0) is 0 Å². The van der Waals surface area contributed by atoms with Gasteiger partial charge in [0.1, 0.15) is 0 Å². The van der Waals surface area contributed by atoms with Crippen molar-refractivity contribution in [2.45, 2.75) is 37.6 Å². The topological polar surface area (TPSA) is 44.4 Å². The molecule has 21 heavy (non-hydrogen) atoms. The van der Waals surface area contributed by atoms with E-state index in [9.17, 15) is 4.79 Å². The number of nitrogens with zero attached hydrogens (tertiary/aromatic N) is 1. The smallest absolute Gasteiger partial charge is 0.316 e. The summed E-state index contributed by atoms with van der Waals surface area (Å²) in [6.45, 7) is 1.50. The lowest BCUT2D eigenvalue weighted by molar-refractivity contribution is 0.217. The van der Waals surface area contributed by atoms with E-state index >= 15 is 0 Å². The SMILES string of the molecule is CN(C)C(=O)NCCNC1CCCCC1c1ccccc1. The molecule has 1 fully saturated rings. The van der Waals surface area contributed by atoms with Gasteiger partial charge in [0.2, 0.25) is 0 Å². The fourth-order valence-corrected chi connectivity index (χ4v) is 3.06. The van der Waals surface area contributed by atoms with E-state index in [0.29, 0.717) is 18.5 Å². The summed E-state index contributed by atoms with van der Waals surface area (Å²) in [4.78, 5) is 13.0. The summed E-state index contributed by atoms with van der Waals surface area (Å²) in [5, 5.41) is 6.53. The highest BCUT2D eigenvalue weighted by molar-refractivity contribution is 5.73. The van der Waals surface area contributed by atoms with Crippen molar-refractivity contribution < 1.29 is 4.79 Å². The number of benzene rings is 1. The molecule has 0 saturated heterocycles. The molecule has 2 rings (SSSR count). The quantitative estimate of drug-likeness (QED) is 0.818. The van der Waals surface area contributed by atoms with E-state index < -0.39 is 0 Å². The van der Waals surface area contributed by atoms with Crippen LogP contribution in [0.2, 0.25) is 0 Å². The molecule has 0 heterocycles. The van der Waals surface area contributed by atoms with Crippen molar-refractivity contribution in [3.8, 4) is 0 Å². The second kappa shape index (κ2) is 8.03. The molecule has 4 heteroatoms. The number of hydrogen-bond acceptors (Lipinski definition) is 2. The second-order valence-electron chi connectivity index (χ2n) is 5.99. The summed E-state index contributed by atoms with van der Waals surface area (Å²) in [5.74, 6) is 0.601. The fraction of sp³-hybridized carbons (Fsp3) is 0.588. The number of carbonyl (C=O) groups is 1. The molecule has 2 amide bonds. The third-order valence-corrected chi connectivity index (χ3v) is 4.21. The zero-order valence-corrected chi connectivity index (χ0v) is 13.1. The predicted octanol–water partition coefficient (Wildman–Crippen LogP) is 2.57. The summed E-state index contributed by atoms with van der Waals surface area (Å²) >= 11 is 0. The Morgan fingerprint density at radius 3 is 2.57 bits per heavy atom. The Kier molecular flexibility index (Phi) is 6.05. The van der Waals surface area contributed by atoms with Gasteiger partial charge in [-0.15, -0.1) is 0 Å². The largest absolute Gasteiger partial charge is 0.337 e. The Morgan fingerprint density at radius 1 is 1.14 bits per heavy atom. The molecule has 1 aromatic carbocycles. The molecule has 1 aliphatic carbocycles. The van der Waals surface area contributed by atoms with Crippen molar-refractivity contribution in [1.29, 1.82) is 0 Å². The molecule has 0 radical (unpaired) electrons. The van der Waals surface area contributed by atoms with Crippen molar-refractivity contribution in [2.75, 3.05) is 27.2 Å². The molecule has 2 atom stereocenters. The maximum atomic E-state index is 11.5. The highest BCUT2D eigenvalue weighted by Gasteiger charge is 2.25. The molecule has 1 aliphatic rings. The van der Waals surface area contributed by atoms with Crippen molar-refractivity contribution in [2.24, 2.45) is 0 Å². The van der Waals surface area contributed by atoms with E-state index in [1.807, 2.05) is 0 Å². The Bertz CT molecular complexity index is 433. The second-order valence-corrected chi connectivity index (χ2v) is 5.99. The van der Waals surface area contributed by atoms with E-state index in [2.05, 4.69) is 41.0 Å². The van der Waals surface area contributed by atoms with E-state index in [-0.39, 0.29) is 6.03 Å². The highest BCUT2D eigenvalue weighted by atomic mass is 16.2. The van der Waals surface area contributed by atoms with Gasteiger partial charge in [0.05, 0.1) is 0 Å². The Labute approximate surface area is 127 Å². The summed E-state index contributed by atoms with van der Waals surface area (Å²) in [5.41, 5.74) is 1.44. The van der Waals surface area contributed by atoms with Crippen LogP contribution in [0.5, 0.6) is 0 Å². The van der Waals surface area contributed by atoms with E-state index in [0.717, 1.165) is 6.54 Å². The van der Waals surface area contributed by atoms with Crippen LogP contribution in [0.15, 0.2) is 30.3 Å². The standard InChI is InChI=1S/C17H27N3O/c1-20(2)17(21)19-13-12-18-16-11-7-6-10-15(16)14-8-4-3-5-9-14/h3-5,8-9,15-16,18H,6-7,10-13H2,1-2H3,(H,19,21). The lowest BCUT2D eigenvalue weighted by atomic mass is 9.80. The molecular formula is C17H27N3O. The maximum absolute atomic E-state index is 11.5. The summed E-state index contributed by atoms with van der Waals surface area (Å²) in [6.07, 6.45) is 5.09. The number of rotatable bonds is 5. The maximum Gasteiger partial charge on any atom is 0.316 e. The molecule has 0 aliphatic heterocycles. The van der Waals surface area contributed by atoms with Crippen LogP contribution in [0.1, 0.15) is 37.2 Å². The van der Waals surface area contributed by atoms with Crippen molar-refractivity contribution >= 4 is 6.03 Å². The van der Waals surface area contributed by atoms with Crippen molar-refractivity contribution in [3.63, 3.8) is 0 Å². The van der Waals surface area contributed by atoms with Crippen LogP contribution in [0.25, 0.3) is 0 Å². The zero-order chi connectivity index (χ0) is 15.1. The first-order chi connectivity index (χ1) is 10.2. The Morgan fingerprint density at radius 2 is 1.86 bits per heavy atom. The van der Waals surface area contributed by atoms with Gasteiger partial charge in [0.15, 0.2) is 0 Å². The number of carbonyl (C=O) groups excluding carboxylic acids is 1. The number of amides is 2. The minimum Gasteiger partial charge on any atom is -0.337 e. The average molecular weight is 289 g/mol. The van der Waals surface area contributed by atoms with Gasteiger partial charge in [-0.25, -0.2) is 4.79 Å². The van der Waals surface area contributed by atoms with Crippen LogP contribution in [0, 0.1) is 0 Å². The van der Waals surface area contributed by atoms with Crippen molar-refractivity contribution in [3.05, 3.63) is 35.9 Å². The molecule has 1 aromatic rings. The molecule has 4 nitrogen and oxygen atoms in total. The van der Waals surface area contributed by atoms with Crippen LogP contribution >= 0.6 is 0 Å². The van der Waals surface area contributed by atoms with Gasteiger partial charge < -0.3 is 15.5 Å². The first kappa shape index (κ1) is 15.8. The van der Waals surface area contributed by atoms with E-state index in [1.165, 1.54) is 31.2 Å². The molecule has 1 saturated carbocycles. The molecule has 0 aromatic heterocycles. The molecule has 0 bridgehead atoms.